The number of hydrogen-bond donors (Lipinski definition) is 1. The number of nitrogens with zero attached hydrogens (tertiary/aromatic N) is 3. The third-order valence-corrected chi connectivity index (χ3v) is 5.02. The van der Waals surface area contributed by atoms with E-state index in [9.17, 15) is 4.79 Å². The molecule has 0 saturated carbocycles. The summed E-state index contributed by atoms with van der Waals surface area (Å²) in [6.07, 6.45) is 1.59. The number of carbonyl (C=O) groups is 1. The highest BCUT2D eigenvalue weighted by Gasteiger charge is 2.14. The standard InChI is InChI=1S/C15H13IN4O2S/c1-20-14(12-7-4-8-22-12)18-19-15(20)23-9-13(21)17-11-6-3-2-5-10(11)16/h2-8H,9H2,1H3,(H,17,21). The van der Waals surface area contributed by atoms with Gasteiger partial charge in [0, 0.05) is 10.6 Å². The van der Waals surface area contributed by atoms with Crippen molar-refractivity contribution in [2.24, 2.45) is 7.05 Å². The van der Waals surface area contributed by atoms with Gasteiger partial charge in [-0.1, -0.05) is 23.9 Å². The zero-order chi connectivity index (χ0) is 16.2. The van der Waals surface area contributed by atoms with Gasteiger partial charge in [-0.2, -0.15) is 0 Å². The first kappa shape index (κ1) is 16.1. The number of halogens is 1. The first-order valence-electron chi connectivity index (χ1n) is 6.75. The van der Waals surface area contributed by atoms with Gasteiger partial charge in [0.1, 0.15) is 0 Å². The Morgan fingerprint density at radius 3 is 2.87 bits per heavy atom. The Morgan fingerprint density at radius 2 is 2.13 bits per heavy atom. The summed E-state index contributed by atoms with van der Waals surface area (Å²) in [6, 6.07) is 11.3. The highest BCUT2D eigenvalue weighted by Crippen LogP contribution is 2.23. The van der Waals surface area contributed by atoms with Crippen LogP contribution in [-0.4, -0.2) is 26.4 Å². The molecule has 0 radical (unpaired) electrons. The molecule has 8 heteroatoms. The van der Waals surface area contributed by atoms with Crippen LogP contribution in [0, 0.1) is 3.57 Å². The average molecular weight is 440 g/mol. The normalized spacial score (nSPS) is 10.7. The fraction of sp³-hybridized carbons (Fsp3) is 0.133. The van der Waals surface area contributed by atoms with Crippen LogP contribution in [-0.2, 0) is 11.8 Å². The SMILES string of the molecule is Cn1c(SCC(=O)Nc2ccccc2I)nnc1-c1ccco1. The molecule has 3 rings (SSSR count). The van der Waals surface area contributed by atoms with Gasteiger partial charge in [0.25, 0.3) is 0 Å². The van der Waals surface area contributed by atoms with E-state index in [2.05, 4.69) is 38.1 Å². The number of nitrogens with one attached hydrogen (secondary N) is 1. The molecule has 0 saturated heterocycles. The number of aromatic nitrogens is 3. The van der Waals surface area contributed by atoms with Gasteiger partial charge in [-0.15, -0.1) is 10.2 Å². The number of thioether (sulfide) groups is 1. The lowest BCUT2D eigenvalue weighted by Gasteiger charge is -2.06. The Labute approximate surface area is 150 Å². The van der Waals surface area contributed by atoms with Gasteiger partial charge in [0.15, 0.2) is 16.7 Å². The molecule has 0 unspecified atom stereocenters. The minimum atomic E-state index is -0.0818. The number of carbonyl (C=O) groups excluding carboxylic acids is 1. The molecule has 2 aromatic heterocycles. The Morgan fingerprint density at radius 1 is 1.30 bits per heavy atom. The summed E-state index contributed by atoms with van der Waals surface area (Å²) in [7, 11) is 1.85. The predicted octanol–water partition coefficient (Wildman–Crippen LogP) is 3.41. The third-order valence-electron chi connectivity index (χ3n) is 3.06. The molecule has 23 heavy (non-hydrogen) atoms. The Kier molecular flexibility index (Phi) is 5.01. The highest BCUT2D eigenvalue weighted by molar-refractivity contribution is 14.1. The van der Waals surface area contributed by atoms with E-state index in [0.717, 1.165) is 9.26 Å². The average Bonchev–Trinajstić information content (AvgIpc) is 3.17. The van der Waals surface area contributed by atoms with Crippen LogP contribution in [0.1, 0.15) is 0 Å². The molecule has 6 nitrogen and oxygen atoms in total. The van der Waals surface area contributed by atoms with Gasteiger partial charge in [0.2, 0.25) is 5.91 Å². The second-order valence-corrected chi connectivity index (χ2v) is 6.76. The molecular weight excluding hydrogens is 427 g/mol. The molecular formula is C15H13IN4O2S. The fourth-order valence-electron chi connectivity index (χ4n) is 1.94. The molecule has 0 fully saturated rings. The lowest BCUT2D eigenvalue weighted by Crippen LogP contribution is -2.15. The lowest BCUT2D eigenvalue weighted by molar-refractivity contribution is -0.113. The van der Waals surface area contributed by atoms with Crippen LogP contribution < -0.4 is 5.32 Å². The molecule has 1 aromatic carbocycles. The molecule has 0 aliphatic rings. The van der Waals surface area contributed by atoms with E-state index in [-0.39, 0.29) is 11.7 Å². The van der Waals surface area contributed by atoms with Crippen molar-refractivity contribution < 1.29 is 9.21 Å². The second-order valence-electron chi connectivity index (χ2n) is 4.66. The van der Waals surface area contributed by atoms with E-state index in [0.29, 0.717) is 16.7 Å². The number of amides is 1. The zero-order valence-corrected chi connectivity index (χ0v) is 15.2. The summed E-state index contributed by atoms with van der Waals surface area (Å²) >= 11 is 3.52. The van der Waals surface area contributed by atoms with Gasteiger partial charge in [-0.3, -0.25) is 4.79 Å². The monoisotopic (exact) mass is 440 g/mol. The van der Waals surface area contributed by atoms with E-state index in [4.69, 9.17) is 4.42 Å². The number of hydrogen-bond acceptors (Lipinski definition) is 5. The van der Waals surface area contributed by atoms with Crippen LogP contribution in [0.4, 0.5) is 5.69 Å². The van der Waals surface area contributed by atoms with Gasteiger partial charge < -0.3 is 14.3 Å². The molecule has 0 aliphatic heterocycles. The minimum absolute atomic E-state index is 0.0818. The molecule has 1 N–H and O–H groups in total. The number of para-hydroxylation sites is 1. The second kappa shape index (κ2) is 7.18. The molecule has 0 atom stereocenters. The van der Waals surface area contributed by atoms with Crippen molar-refractivity contribution in [1.29, 1.82) is 0 Å². The van der Waals surface area contributed by atoms with Crippen molar-refractivity contribution >= 4 is 45.9 Å². The predicted molar refractivity (Wildman–Crippen MR) is 97.2 cm³/mol. The van der Waals surface area contributed by atoms with E-state index in [1.807, 2.05) is 41.9 Å². The molecule has 0 aliphatic carbocycles. The highest BCUT2D eigenvalue weighted by atomic mass is 127. The quantitative estimate of drug-likeness (QED) is 0.487. The van der Waals surface area contributed by atoms with E-state index in [1.165, 1.54) is 11.8 Å². The number of benzene rings is 1. The van der Waals surface area contributed by atoms with Crippen LogP contribution in [0.3, 0.4) is 0 Å². The number of furan rings is 1. The van der Waals surface area contributed by atoms with Gasteiger partial charge in [-0.25, -0.2) is 0 Å². The Bertz CT molecular complexity index is 817. The fourth-order valence-corrected chi connectivity index (χ4v) is 3.17. The first-order valence-corrected chi connectivity index (χ1v) is 8.82. The molecule has 3 aromatic rings. The summed E-state index contributed by atoms with van der Waals surface area (Å²) in [5.74, 6) is 1.46. The molecule has 1 amide bonds. The summed E-state index contributed by atoms with van der Waals surface area (Å²) in [5.41, 5.74) is 0.813. The lowest BCUT2D eigenvalue weighted by atomic mass is 10.3. The summed E-state index contributed by atoms with van der Waals surface area (Å²) < 4.78 is 8.13. The van der Waals surface area contributed by atoms with Crippen molar-refractivity contribution in [1.82, 2.24) is 14.8 Å². The van der Waals surface area contributed by atoms with Crippen molar-refractivity contribution in [3.05, 3.63) is 46.2 Å². The Hall–Kier alpha value is -1.81. The maximum Gasteiger partial charge on any atom is 0.234 e. The molecule has 2 heterocycles. The zero-order valence-electron chi connectivity index (χ0n) is 12.2. The van der Waals surface area contributed by atoms with Crippen LogP contribution in [0.5, 0.6) is 0 Å². The van der Waals surface area contributed by atoms with Gasteiger partial charge in [0.05, 0.1) is 17.7 Å². The molecule has 118 valence electrons. The van der Waals surface area contributed by atoms with Crippen LogP contribution in [0.15, 0.2) is 52.2 Å². The largest absolute Gasteiger partial charge is 0.461 e. The first-order chi connectivity index (χ1) is 11.1. The summed E-state index contributed by atoms with van der Waals surface area (Å²) in [4.78, 5) is 12.1. The van der Waals surface area contributed by atoms with E-state index in [1.54, 1.807) is 12.3 Å². The minimum Gasteiger partial charge on any atom is -0.461 e. The van der Waals surface area contributed by atoms with Gasteiger partial charge in [-0.05, 0) is 46.9 Å². The van der Waals surface area contributed by atoms with Crippen molar-refractivity contribution in [2.45, 2.75) is 5.16 Å². The number of anilines is 1. The summed E-state index contributed by atoms with van der Waals surface area (Å²) in [6.45, 7) is 0. The number of rotatable bonds is 5. The summed E-state index contributed by atoms with van der Waals surface area (Å²) in [5, 5.41) is 11.8. The molecule has 0 spiro atoms. The third kappa shape index (κ3) is 3.75. The van der Waals surface area contributed by atoms with Crippen molar-refractivity contribution in [2.75, 3.05) is 11.1 Å². The van der Waals surface area contributed by atoms with Crippen molar-refractivity contribution in [3.63, 3.8) is 0 Å². The topological polar surface area (TPSA) is 73.0 Å². The van der Waals surface area contributed by atoms with Gasteiger partial charge >= 0.3 is 0 Å². The molecule has 0 bridgehead atoms. The van der Waals surface area contributed by atoms with E-state index < -0.39 is 0 Å². The Balaban J connectivity index is 1.63. The maximum atomic E-state index is 12.1. The maximum absolute atomic E-state index is 12.1. The van der Waals surface area contributed by atoms with Crippen LogP contribution in [0.2, 0.25) is 0 Å². The smallest absolute Gasteiger partial charge is 0.234 e. The van der Waals surface area contributed by atoms with Crippen LogP contribution in [0.25, 0.3) is 11.6 Å². The van der Waals surface area contributed by atoms with Crippen LogP contribution >= 0.6 is 34.4 Å². The van der Waals surface area contributed by atoms with E-state index >= 15 is 0 Å². The van der Waals surface area contributed by atoms with Crippen molar-refractivity contribution in [3.8, 4) is 11.6 Å².